The van der Waals surface area contributed by atoms with Gasteiger partial charge in [0.25, 0.3) is 0 Å². The Labute approximate surface area is 175 Å². The molecule has 0 saturated carbocycles. The van der Waals surface area contributed by atoms with Gasteiger partial charge >= 0.3 is 0 Å². The summed E-state index contributed by atoms with van der Waals surface area (Å²) >= 11 is 1.61. The molecule has 0 radical (unpaired) electrons. The molecule has 3 aromatic rings. The van der Waals surface area contributed by atoms with E-state index in [9.17, 15) is 5.26 Å². The van der Waals surface area contributed by atoms with Crippen molar-refractivity contribution in [2.75, 3.05) is 27.6 Å². The first-order chi connectivity index (χ1) is 14.2. The lowest BCUT2D eigenvalue weighted by Crippen LogP contribution is -2.13. The summed E-state index contributed by atoms with van der Waals surface area (Å²) in [5.74, 6) is 2.41. The molecular weight excluding hydrogens is 382 g/mol. The fraction of sp³-hybridized carbons (Fsp3) is 0.292. The summed E-state index contributed by atoms with van der Waals surface area (Å²) in [6.45, 7) is 0. The maximum atomic E-state index is 9.90. The van der Waals surface area contributed by atoms with Crippen molar-refractivity contribution in [3.05, 3.63) is 58.7 Å². The Morgan fingerprint density at radius 3 is 2.38 bits per heavy atom. The predicted octanol–water partition coefficient (Wildman–Crippen LogP) is 5.54. The lowest BCUT2D eigenvalue weighted by molar-refractivity contribution is 0.350. The Bertz CT molecular complexity index is 1120. The molecule has 0 amide bonds. The highest BCUT2D eigenvalue weighted by Crippen LogP contribution is 2.51. The molecule has 0 aliphatic heterocycles. The van der Waals surface area contributed by atoms with Crippen LogP contribution in [0.5, 0.6) is 17.2 Å². The average molecular weight is 406 g/mol. The number of methoxy groups -OCH3 is 3. The van der Waals surface area contributed by atoms with E-state index in [1.807, 2.05) is 24.5 Å². The van der Waals surface area contributed by atoms with Crippen LogP contribution in [0.25, 0.3) is 10.8 Å². The standard InChI is InChI=1S/C24H23NO3S/c1-26-16-8-5-14(6-9-16)17-10-7-15-11-21(29-4)19(13-25)18-12-20(27-2)24(28-3)23(17)22(15)18/h5-6,8-9,11-12,17H,7,10H2,1-4H3. The average Bonchev–Trinajstić information content (AvgIpc) is 2.78. The maximum Gasteiger partial charge on any atom is 0.165 e. The first-order valence-electron chi connectivity index (χ1n) is 9.49. The minimum Gasteiger partial charge on any atom is -0.497 e. The molecular formula is C24H23NO3S. The van der Waals surface area contributed by atoms with Crippen LogP contribution in [0.2, 0.25) is 0 Å². The van der Waals surface area contributed by atoms with Gasteiger partial charge in [0.1, 0.15) is 11.8 Å². The SMILES string of the molecule is COc1ccc(C2CCc3cc(SC)c(C#N)c4cc(OC)c(OC)c2c34)cc1. The molecule has 1 atom stereocenters. The molecule has 0 heterocycles. The molecule has 5 heteroatoms. The number of thioether (sulfide) groups is 1. The summed E-state index contributed by atoms with van der Waals surface area (Å²) in [4.78, 5) is 1.01. The van der Waals surface area contributed by atoms with Gasteiger partial charge in [0, 0.05) is 21.8 Å². The van der Waals surface area contributed by atoms with E-state index in [4.69, 9.17) is 14.2 Å². The second kappa shape index (κ2) is 7.88. The van der Waals surface area contributed by atoms with Crippen molar-refractivity contribution < 1.29 is 14.2 Å². The van der Waals surface area contributed by atoms with E-state index in [2.05, 4.69) is 24.3 Å². The van der Waals surface area contributed by atoms with E-state index in [0.29, 0.717) is 11.3 Å². The third-order valence-corrected chi connectivity index (χ3v) is 6.51. The van der Waals surface area contributed by atoms with Crippen LogP contribution in [-0.2, 0) is 6.42 Å². The topological polar surface area (TPSA) is 51.5 Å². The summed E-state index contributed by atoms with van der Waals surface area (Å²) < 4.78 is 16.9. The minimum atomic E-state index is 0.160. The van der Waals surface area contributed by atoms with Gasteiger partial charge in [-0.2, -0.15) is 5.26 Å². The lowest BCUT2D eigenvalue weighted by Gasteiger charge is -2.30. The first-order valence-corrected chi connectivity index (χ1v) is 10.7. The highest BCUT2D eigenvalue weighted by atomic mass is 32.2. The van der Waals surface area contributed by atoms with Crippen molar-refractivity contribution in [2.24, 2.45) is 0 Å². The molecule has 4 rings (SSSR count). The van der Waals surface area contributed by atoms with Crippen LogP contribution in [0.1, 0.15) is 34.6 Å². The summed E-state index contributed by atoms with van der Waals surface area (Å²) in [6.07, 6.45) is 3.94. The van der Waals surface area contributed by atoms with Crippen molar-refractivity contribution >= 4 is 22.5 Å². The van der Waals surface area contributed by atoms with E-state index >= 15 is 0 Å². The predicted molar refractivity (Wildman–Crippen MR) is 117 cm³/mol. The van der Waals surface area contributed by atoms with Gasteiger partial charge in [-0.15, -0.1) is 11.8 Å². The second-order valence-electron chi connectivity index (χ2n) is 7.04. The third kappa shape index (κ3) is 3.08. The fourth-order valence-corrected chi connectivity index (χ4v) is 5.04. The Morgan fingerprint density at radius 1 is 1.03 bits per heavy atom. The van der Waals surface area contributed by atoms with Gasteiger partial charge in [-0.3, -0.25) is 0 Å². The number of ether oxygens (including phenoxy) is 3. The van der Waals surface area contributed by atoms with Crippen LogP contribution in [0.15, 0.2) is 41.3 Å². The van der Waals surface area contributed by atoms with E-state index in [1.54, 1.807) is 33.1 Å². The molecule has 4 nitrogen and oxygen atoms in total. The molecule has 29 heavy (non-hydrogen) atoms. The Kier molecular flexibility index (Phi) is 5.29. The Morgan fingerprint density at radius 2 is 1.79 bits per heavy atom. The smallest absolute Gasteiger partial charge is 0.165 e. The molecule has 3 aromatic carbocycles. The molecule has 0 spiro atoms. The quantitative estimate of drug-likeness (QED) is 0.522. The van der Waals surface area contributed by atoms with E-state index in [-0.39, 0.29) is 5.92 Å². The molecule has 1 unspecified atom stereocenters. The van der Waals surface area contributed by atoms with Gasteiger partial charge in [0.05, 0.1) is 26.9 Å². The molecule has 0 bridgehead atoms. The maximum absolute atomic E-state index is 9.90. The largest absolute Gasteiger partial charge is 0.497 e. The molecule has 1 aliphatic rings. The summed E-state index contributed by atoms with van der Waals surface area (Å²) in [6, 6.07) is 14.8. The third-order valence-electron chi connectivity index (χ3n) is 5.75. The summed E-state index contributed by atoms with van der Waals surface area (Å²) in [5.41, 5.74) is 4.28. The molecule has 1 aliphatic carbocycles. The zero-order valence-electron chi connectivity index (χ0n) is 17.0. The van der Waals surface area contributed by atoms with E-state index < -0.39 is 0 Å². The normalized spacial score (nSPS) is 15.1. The molecule has 0 saturated heterocycles. The van der Waals surface area contributed by atoms with Crippen molar-refractivity contribution in [1.82, 2.24) is 0 Å². The molecule has 0 aromatic heterocycles. The van der Waals surface area contributed by atoms with Gasteiger partial charge in [-0.25, -0.2) is 0 Å². The highest BCUT2D eigenvalue weighted by molar-refractivity contribution is 7.98. The second-order valence-corrected chi connectivity index (χ2v) is 7.89. The van der Waals surface area contributed by atoms with Crippen molar-refractivity contribution in [1.29, 1.82) is 5.26 Å². The number of hydrogen-bond acceptors (Lipinski definition) is 5. The van der Waals surface area contributed by atoms with Gasteiger partial charge in [-0.05, 0) is 59.9 Å². The van der Waals surface area contributed by atoms with Crippen LogP contribution in [0.3, 0.4) is 0 Å². The van der Waals surface area contributed by atoms with Gasteiger partial charge < -0.3 is 14.2 Å². The summed E-state index contributed by atoms with van der Waals surface area (Å²) in [7, 11) is 5.00. The van der Waals surface area contributed by atoms with Gasteiger partial charge in [0.2, 0.25) is 0 Å². The fourth-order valence-electron chi connectivity index (χ4n) is 4.42. The van der Waals surface area contributed by atoms with Crippen LogP contribution in [0, 0.1) is 11.3 Å². The van der Waals surface area contributed by atoms with Crippen molar-refractivity contribution in [2.45, 2.75) is 23.7 Å². The van der Waals surface area contributed by atoms with Crippen LogP contribution < -0.4 is 14.2 Å². The van der Waals surface area contributed by atoms with E-state index in [1.165, 1.54) is 11.1 Å². The Balaban J connectivity index is 2.07. The zero-order chi connectivity index (χ0) is 20.5. The molecule has 148 valence electrons. The van der Waals surface area contributed by atoms with Crippen LogP contribution in [-0.4, -0.2) is 27.6 Å². The number of benzene rings is 3. The number of hydrogen-bond donors (Lipinski definition) is 0. The molecule has 0 fully saturated rings. The van der Waals surface area contributed by atoms with Crippen LogP contribution >= 0.6 is 11.8 Å². The number of rotatable bonds is 5. The number of aryl methyl sites for hydroxylation is 1. The first kappa shape index (κ1) is 19.5. The van der Waals surface area contributed by atoms with Gasteiger partial charge in [-0.1, -0.05) is 12.1 Å². The van der Waals surface area contributed by atoms with E-state index in [0.717, 1.165) is 45.6 Å². The number of nitriles is 1. The monoisotopic (exact) mass is 405 g/mol. The molecule has 0 N–H and O–H groups in total. The zero-order valence-corrected chi connectivity index (χ0v) is 17.9. The highest BCUT2D eigenvalue weighted by Gasteiger charge is 2.31. The van der Waals surface area contributed by atoms with Gasteiger partial charge in [0.15, 0.2) is 11.5 Å². The van der Waals surface area contributed by atoms with Crippen molar-refractivity contribution in [3.63, 3.8) is 0 Å². The number of nitrogens with zero attached hydrogens (tertiary/aromatic N) is 1. The lowest BCUT2D eigenvalue weighted by atomic mass is 9.76. The summed E-state index contributed by atoms with van der Waals surface area (Å²) in [5, 5.41) is 12.0. The minimum absolute atomic E-state index is 0.160. The Hall–Kier alpha value is -2.84. The van der Waals surface area contributed by atoms with Crippen molar-refractivity contribution in [3.8, 4) is 23.3 Å². The van der Waals surface area contributed by atoms with Crippen LogP contribution in [0.4, 0.5) is 0 Å².